The summed E-state index contributed by atoms with van der Waals surface area (Å²) < 4.78 is 26.8. The maximum absolute atomic E-state index is 11.9. The van der Waals surface area contributed by atoms with Gasteiger partial charge in [-0.1, -0.05) is 20.8 Å². The van der Waals surface area contributed by atoms with E-state index in [0.717, 1.165) is 0 Å². The van der Waals surface area contributed by atoms with Gasteiger partial charge in [-0.3, -0.25) is 4.79 Å². The van der Waals surface area contributed by atoms with Crippen molar-refractivity contribution in [2.24, 2.45) is 5.41 Å². The second-order valence-electron chi connectivity index (χ2n) is 5.22. The zero-order valence-corrected chi connectivity index (χ0v) is 13.0. The smallest absolute Gasteiger partial charge is 0.268 e. The normalized spacial score (nSPS) is 12.7. The molecule has 0 aliphatic rings. The Bertz CT molecular complexity index is 573. The fourth-order valence-electron chi connectivity index (χ4n) is 1.28. The fraction of sp³-hybridized carbons (Fsp3) is 0.545. The van der Waals surface area contributed by atoms with Crippen LogP contribution in [0.15, 0.2) is 26.4 Å². The van der Waals surface area contributed by atoms with Gasteiger partial charge in [0.05, 0.1) is 0 Å². The molecule has 0 bridgehead atoms. The summed E-state index contributed by atoms with van der Waals surface area (Å²) in [6, 6.07) is 1.29. The lowest BCUT2D eigenvalue weighted by Crippen LogP contribution is -2.31. The highest BCUT2D eigenvalue weighted by atomic mass is 79.9. The van der Waals surface area contributed by atoms with Crippen LogP contribution in [0.1, 0.15) is 27.2 Å². The Balaban J connectivity index is 2.87. The second kappa shape index (κ2) is 5.54. The van der Waals surface area contributed by atoms with Gasteiger partial charge in [0.2, 0.25) is 10.0 Å². The minimum Gasteiger partial charge on any atom is -0.327 e. The molecule has 0 fully saturated rings. The molecule has 1 aromatic rings. The molecule has 0 aromatic carbocycles. The Labute approximate surface area is 115 Å². The van der Waals surface area contributed by atoms with Gasteiger partial charge in [0.1, 0.15) is 4.90 Å². The van der Waals surface area contributed by atoms with Crippen LogP contribution >= 0.6 is 15.9 Å². The zero-order valence-electron chi connectivity index (χ0n) is 10.6. The summed E-state index contributed by atoms with van der Waals surface area (Å²) in [6.07, 6.45) is 2.09. The van der Waals surface area contributed by atoms with Gasteiger partial charge in [-0.05, 0) is 33.8 Å². The maximum Gasteiger partial charge on any atom is 0.268 e. The molecule has 0 saturated heterocycles. The molecular weight excluding hydrogens is 320 g/mol. The van der Waals surface area contributed by atoms with Gasteiger partial charge in [-0.15, -0.1) is 0 Å². The molecule has 102 valence electrons. The first-order valence-corrected chi connectivity index (χ1v) is 7.77. The number of nitrogens with one attached hydrogen (secondary N) is 2. The third-order valence-corrected chi connectivity index (χ3v) is 4.21. The molecule has 0 amide bonds. The summed E-state index contributed by atoms with van der Waals surface area (Å²) in [4.78, 5) is 13.6. The first-order chi connectivity index (χ1) is 8.12. The van der Waals surface area contributed by atoms with E-state index in [0.29, 0.717) is 17.4 Å². The van der Waals surface area contributed by atoms with Crippen molar-refractivity contribution in [3.63, 3.8) is 0 Å². The van der Waals surface area contributed by atoms with Crippen LogP contribution in [-0.2, 0) is 10.0 Å². The van der Waals surface area contributed by atoms with Crippen LogP contribution in [0.25, 0.3) is 0 Å². The Morgan fingerprint density at radius 2 is 2.00 bits per heavy atom. The number of hydrogen-bond donors (Lipinski definition) is 2. The third-order valence-electron chi connectivity index (χ3n) is 2.29. The van der Waals surface area contributed by atoms with Crippen molar-refractivity contribution in [1.82, 2.24) is 9.71 Å². The van der Waals surface area contributed by atoms with E-state index in [1.807, 2.05) is 20.8 Å². The number of rotatable bonds is 4. The molecule has 0 saturated carbocycles. The Morgan fingerprint density at radius 3 is 2.56 bits per heavy atom. The van der Waals surface area contributed by atoms with Gasteiger partial charge in [0.15, 0.2) is 0 Å². The van der Waals surface area contributed by atoms with E-state index in [9.17, 15) is 13.2 Å². The summed E-state index contributed by atoms with van der Waals surface area (Å²) in [7, 11) is -3.76. The molecule has 5 nitrogen and oxygen atoms in total. The Hall–Kier alpha value is -0.660. The minimum absolute atomic E-state index is 0.0339. The average Bonchev–Trinajstić information content (AvgIpc) is 2.19. The lowest BCUT2D eigenvalue weighted by molar-refractivity contribution is 0.378. The van der Waals surface area contributed by atoms with Crippen LogP contribution < -0.4 is 10.3 Å². The molecule has 0 atom stereocenters. The molecule has 0 spiro atoms. The van der Waals surface area contributed by atoms with Crippen molar-refractivity contribution in [3.05, 3.63) is 27.1 Å². The van der Waals surface area contributed by atoms with Crippen LogP contribution in [0, 0.1) is 5.41 Å². The van der Waals surface area contributed by atoms with Crippen LogP contribution in [0.5, 0.6) is 0 Å². The molecule has 0 radical (unpaired) electrons. The van der Waals surface area contributed by atoms with E-state index in [2.05, 4.69) is 25.6 Å². The van der Waals surface area contributed by atoms with Gasteiger partial charge in [-0.2, -0.15) is 0 Å². The van der Waals surface area contributed by atoms with E-state index in [4.69, 9.17) is 0 Å². The number of aromatic nitrogens is 1. The number of pyridine rings is 1. The highest BCUT2D eigenvalue weighted by Gasteiger charge is 2.19. The van der Waals surface area contributed by atoms with E-state index in [-0.39, 0.29) is 10.3 Å². The van der Waals surface area contributed by atoms with Gasteiger partial charge in [0.25, 0.3) is 5.56 Å². The zero-order chi connectivity index (χ0) is 14.0. The molecule has 1 rings (SSSR count). The molecule has 7 heteroatoms. The van der Waals surface area contributed by atoms with Crippen LogP contribution in [0.4, 0.5) is 0 Å². The summed E-state index contributed by atoms with van der Waals surface area (Å²) in [6.45, 7) is 6.37. The quantitative estimate of drug-likeness (QED) is 0.880. The summed E-state index contributed by atoms with van der Waals surface area (Å²) in [5, 5.41) is 0. The van der Waals surface area contributed by atoms with Gasteiger partial charge in [-0.25, -0.2) is 13.1 Å². The molecule has 0 aliphatic carbocycles. The van der Waals surface area contributed by atoms with E-state index in [1.54, 1.807) is 0 Å². The standard InChI is InChI=1S/C11H17BrN2O3S/c1-11(2,3)4-5-14-18(16,17)9-6-8(12)7-13-10(9)15/h6-7,14H,4-5H2,1-3H3,(H,13,15). The maximum atomic E-state index is 11.9. The van der Waals surface area contributed by atoms with Crippen LogP contribution in [0.3, 0.4) is 0 Å². The monoisotopic (exact) mass is 336 g/mol. The molecule has 18 heavy (non-hydrogen) atoms. The van der Waals surface area contributed by atoms with E-state index >= 15 is 0 Å². The minimum atomic E-state index is -3.76. The van der Waals surface area contributed by atoms with Crippen molar-refractivity contribution >= 4 is 26.0 Å². The number of H-pyrrole nitrogens is 1. The summed E-state index contributed by atoms with van der Waals surface area (Å²) in [5.41, 5.74) is -0.590. The molecule has 0 aliphatic heterocycles. The van der Waals surface area contributed by atoms with E-state index < -0.39 is 15.6 Å². The Morgan fingerprint density at radius 1 is 1.39 bits per heavy atom. The molecular formula is C11H17BrN2O3S. The number of hydrogen-bond acceptors (Lipinski definition) is 3. The van der Waals surface area contributed by atoms with Crippen molar-refractivity contribution in [2.75, 3.05) is 6.54 Å². The largest absolute Gasteiger partial charge is 0.327 e. The molecule has 1 aromatic heterocycles. The average molecular weight is 337 g/mol. The van der Waals surface area contributed by atoms with Crippen molar-refractivity contribution in [2.45, 2.75) is 32.1 Å². The van der Waals surface area contributed by atoms with E-state index in [1.165, 1.54) is 12.3 Å². The number of halogens is 1. The fourth-order valence-corrected chi connectivity index (χ4v) is 2.88. The predicted molar refractivity (Wildman–Crippen MR) is 74.0 cm³/mol. The predicted octanol–water partition coefficient (Wildman–Crippen LogP) is 1.85. The number of sulfonamides is 1. The summed E-state index contributed by atoms with van der Waals surface area (Å²) >= 11 is 3.13. The van der Waals surface area contributed by atoms with Crippen molar-refractivity contribution in [3.8, 4) is 0 Å². The first-order valence-electron chi connectivity index (χ1n) is 5.50. The SMILES string of the molecule is CC(C)(C)CCNS(=O)(=O)c1cc(Br)c[nH]c1=O. The second-order valence-corrected chi connectivity index (χ2v) is 7.87. The van der Waals surface area contributed by atoms with Crippen molar-refractivity contribution in [1.29, 1.82) is 0 Å². The third kappa shape index (κ3) is 4.55. The lowest BCUT2D eigenvalue weighted by atomic mass is 9.93. The topological polar surface area (TPSA) is 79.0 Å². The van der Waals surface area contributed by atoms with Crippen LogP contribution in [0.2, 0.25) is 0 Å². The molecule has 0 unspecified atom stereocenters. The highest BCUT2D eigenvalue weighted by molar-refractivity contribution is 9.10. The van der Waals surface area contributed by atoms with Gasteiger partial charge >= 0.3 is 0 Å². The van der Waals surface area contributed by atoms with Gasteiger partial charge in [0, 0.05) is 17.2 Å². The summed E-state index contributed by atoms with van der Waals surface area (Å²) in [5.74, 6) is 0. The first kappa shape index (κ1) is 15.4. The van der Waals surface area contributed by atoms with Crippen LogP contribution in [-0.4, -0.2) is 19.9 Å². The molecule has 1 heterocycles. The highest BCUT2D eigenvalue weighted by Crippen LogP contribution is 2.17. The van der Waals surface area contributed by atoms with Crippen molar-refractivity contribution < 1.29 is 8.42 Å². The number of aromatic amines is 1. The Kier molecular flexibility index (Phi) is 4.74. The lowest BCUT2D eigenvalue weighted by Gasteiger charge is -2.17. The van der Waals surface area contributed by atoms with Gasteiger partial charge < -0.3 is 4.98 Å². The molecule has 2 N–H and O–H groups in total.